The molecule has 0 N–H and O–H groups in total. The van der Waals surface area contributed by atoms with Crippen molar-refractivity contribution in [1.29, 1.82) is 0 Å². The molecule has 0 saturated carbocycles. The van der Waals surface area contributed by atoms with E-state index in [1.165, 1.54) is 19.2 Å². The van der Waals surface area contributed by atoms with Crippen molar-refractivity contribution >= 4 is 17.6 Å². The lowest BCUT2D eigenvalue weighted by atomic mass is 9.99. The number of ether oxygens (including phenoxy) is 1. The third kappa shape index (κ3) is 3.97. The molecular weight excluding hydrogens is 327 g/mol. The van der Waals surface area contributed by atoms with Crippen molar-refractivity contribution in [3.8, 4) is 0 Å². The van der Waals surface area contributed by atoms with Crippen LogP contribution in [0.4, 0.5) is 4.39 Å². The SMILES string of the molecule is COC(=O)[C@@H]1CCCCN1C(=O)[C@@H]1CC(Cc2cccc(F)c2)=NO1. The number of methoxy groups -OCH3 is 1. The predicted octanol–water partition coefficient (Wildman–Crippen LogP) is 2.07. The molecule has 0 aromatic heterocycles. The van der Waals surface area contributed by atoms with Crippen molar-refractivity contribution in [3.63, 3.8) is 0 Å². The van der Waals surface area contributed by atoms with Crippen LogP contribution >= 0.6 is 0 Å². The molecule has 25 heavy (non-hydrogen) atoms. The van der Waals surface area contributed by atoms with Crippen LogP contribution in [0, 0.1) is 5.82 Å². The van der Waals surface area contributed by atoms with Gasteiger partial charge in [-0.15, -0.1) is 0 Å². The van der Waals surface area contributed by atoms with Gasteiger partial charge in [0.1, 0.15) is 11.9 Å². The quantitative estimate of drug-likeness (QED) is 0.781. The number of carbonyl (C=O) groups excluding carboxylic acids is 2. The van der Waals surface area contributed by atoms with Gasteiger partial charge in [-0.1, -0.05) is 17.3 Å². The number of nitrogens with zero attached hydrogens (tertiary/aromatic N) is 2. The van der Waals surface area contributed by atoms with Gasteiger partial charge in [-0.2, -0.15) is 0 Å². The summed E-state index contributed by atoms with van der Waals surface area (Å²) in [5.41, 5.74) is 1.47. The van der Waals surface area contributed by atoms with Gasteiger partial charge in [0.15, 0.2) is 0 Å². The highest BCUT2D eigenvalue weighted by molar-refractivity contribution is 5.95. The van der Waals surface area contributed by atoms with E-state index in [1.54, 1.807) is 17.0 Å². The van der Waals surface area contributed by atoms with Crippen LogP contribution in [0.2, 0.25) is 0 Å². The summed E-state index contributed by atoms with van der Waals surface area (Å²) in [7, 11) is 1.33. The van der Waals surface area contributed by atoms with Gasteiger partial charge in [0.05, 0.1) is 12.8 Å². The van der Waals surface area contributed by atoms with Crippen LogP contribution in [0.3, 0.4) is 0 Å². The van der Waals surface area contributed by atoms with E-state index < -0.39 is 18.1 Å². The summed E-state index contributed by atoms with van der Waals surface area (Å²) < 4.78 is 18.1. The second-order valence-electron chi connectivity index (χ2n) is 6.33. The fourth-order valence-electron chi connectivity index (χ4n) is 3.31. The Morgan fingerprint density at radius 1 is 1.40 bits per heavy atom. The van der Waals surface area contributed by atoms with Crippen LogP contribution in [0.25, 0.3) is 0 Å². The van der Waals surface area contributed by atoms with E-state index in [-0.39, 0.29) is 11.7 Å². The van der Waals surface area contributed by atoms with Crippen molar-refractivity contribution in [2.24, 2.45) is 5.16 Å². The zero-order valence-electron chi connectivity index (χ0n) is 14.1. The molecule has 2 aliphatic rings. The first-order valence-electron chi connectivity index (χ1n) is 8.43. The topological polar surface area (TPSA) is 68.2 Å². The van der Waals surface area contributed by atoms with Crippen molar-refractivity contribution in [3.05, 3.63) is 35.6 Å². The summed E-state index contributed by atoms with van der Waals surface area (Å²) in [6.45, 7) is 0.512. The first-order valence-corrected chi connectivity index (χ1v) is 8.43. The molecule has 0 aliphatic carbocycles. The Morgan fingerprint density at radius 3 is 3.00 bits per heavy atom. The molecule has 2 heterocycles. The van der Waals surface area contributed by atoms with Gasteiger partial charge in [0.2, 0.25) is 6.10 Å². The minimum atomic E-state index is -0.728. The molecular formula is C18H21FN2O4. The lowest BCUT2D eigenvalue weighted by Crippen LogP contribution is -2.51. The molecule has 0 bridgehead atoms. The molecule has 1 fully saturated rings. The van der Waals surface area contributed by atoms with Crippen molar-refractivity contribution in [2.45, 2.75) is 44.2 Å². The zero-order valence-corrected chi connectivity index (χ0v) is 14.1. The zero-order chi connectivity index (χ0) is 17.8. The van der Waals surface area contributed by atoms with Crippen molar-refractivity contribution < 1.29 is 23.6 Å². The van der Waals surface area contributed by atoms with Crippen molar-refractivity contribution in [1.82, 2.24) is 4.90 Å². The van der Waals surface area contributed by atoms with E-state index in [0.717, 1.165) is 18.4 Å². The maximum Gasteiger partial charge on any atom is 0.328 e. The number of oxime groups is 1. The maximum atomic E-state index is 13.3. The molecule has 7 heteroatoms. The van der Waals surface area contributed by atoms with Crippen LogP contribution in [0.15, 0.2) is 29.4 Å². The number of carbonyl (C=O) groups is 2. The van der Waals surface area contributed by atoms with E-state index in [9.17, 15) is 14.0 Å². The molecule has 3 rings (SSSR count). The molecule has 0 unspecified atom stereocenters. The summed E-state index contributed by atoms with van der Waals surface area (Å²) in [5.74, 6) is -0.945. The van der Waals surface area contributed by atoms with Gasteiger partial charge in [-0.3, -0.25) is 4.79 Å². The van der Waals surface area contributed by atoms with E-state index in [0.29, 0.717) is 31.5 Å². The highest BCUT2D eigenvalue weighted by Crippen LogP contribution is 2.23. The van der Waals surface area contributed by atoms with Crippen LogP contribution in [-0.4, -0.2) is 48.3 Å². The Balaban J connectivity index is 1.61. The lowest BCUT2D eigenvalue weighted by Gasteiger charge is -2.34. The standard InChI is InChI=1S/C18H21FN2O4/c1-24-18(23)15-7-2-3-8-21(15)17(22)16-11-14(20-25-16)10-12-5-4-6-13(19)9-12/h4-6,9,15-16H,2-3,7-8,10-11H2,1H3/t15-,16-/m0/s1. The number of likely N-dealkylation sites (tertiary alicyclic amines) is 1. The fourth-order valence-corrected chi connectivity index (χ4v) is 3.31. The van der Waals surface area contributed by atoms with Crippen LogP contribution in [0.1, 0.15) is 31.2 Å². The third-order valence-electron chi connectivity index (χ3n) is 4.56. The van der Waals surface area contributed by atoms with Gasteiger partial charge < -0.3 is 14.5 Å². The minimum absolute atomic E-state index is 0.243. The average Bonchev–Trinajstić information content (AvgIpc) is 3.09. The molecule has 134 valence electrons. The molecule has 0 spiro atoms. The van der Waals surface area contributed by atoms with E-state index in [2.05, 4.69) is 5.16 Å². The van der Waals surface area contributed by atoms with Gasteiger partial charge >= 0.3 is 5.97 Å². The number of hydrogen-bond donors (Lipinski definition) is 0. The van der Waals surface area contributed by atoms with E-state index in [4.69, 9.17) is 9.57 Å². The lowest BCUT2D eigenvalue weighted by molar-refractivity contribution is -0.159. The predicted molar refractivity (Wildman–Crippen MR) is 88.4 cm³/mol. The summed E-state index contributed by atoms with van der Waals surface area (Å²) in [5, 5.41) is 3.98. The Morgan fingerprint density at radius 2 is 2.24 bits per heavy atom. The molecule has 2 aliphatic heterocycles. The second kappa shape index (κ2) is 7.63. The summed E-state index contributed by atoms with van der Waals surface area (Å²) in [4.78, 5) is 31.5. The smallest absolute Gasteiger partial charge is 0.328 e. The number of amides is 1. The number of piperidine rings is 1. The Bertz CT molecular complexity index is 691. The van der Waals surface area contributed by atoms with Gasteiger partial charge in [0.25, 0.3) is 5.91 Å². The summed E-state index contributed by atoms with van der Waals surface area (Å²) in [6, 6.07) is 5.71. The Kier molecular flexibility index (Phi) is 5.31. The normalized spacial score (nSPS) is 23.0. The van der Waals surface area contributed by atoms with Crippen LogP contribution in [0.5, 0.6) is 0 Å². The number of benzene rings is 1. The third-order valence-corrected chi connectivity index (χ3v) is 4.56. The van der Waals surface area contributed by atoms with E-state index in [1.807, 2.05) is 0 Å². The Hall–Kier alpha value is -2.44. The Labute approximate surface area is 145 Å². The monoisotopic (exact) mass is 348 g/mol. The molecule has 1 saturated heterocycles. The second-order valence-corrected chi connectivity index (χ2v) is 6.33. The first-order chi connectivity index (χ1) is 12.1. The highest BCUT2D eigenvalue weighted by Gasteiger charge is 2.39. The molecule has 0 radical (unpaired) electrons. The van der Waals surface area contributed by atoms with Gasteiger partial charge in [-0.25, -0.2) is 9.18 Å². The number of halogens is 1. The average molecular weight is 348 g/mol. The highest BCUT2D eigenvalue weighted by atomic mass is 19.1. The maximum absolute atomic E-state index is 13.3. The number of rotatable bonds is 4. The van der Waals surface area contributed by atoms with Crippen molar-refractivity contribution in [2.75, 3.05) is 13.7 Å². The largest absolute Gasteiger partial charge is 0.467 e. The molecule has 1 aromatic rings. The van der Waals surface area contributed by atoms with Crippen LogP contribution < -0.4 is 0 Å². The van der Waals surface area contributed by atoms with Gasteiger partial charge in [-0.05, 0) is 37.0 Å². The summed E-state index contributed by atoms with van der Waals surface area (Å²) in [6.07, 6.45) is 2.39. The minimum Gasteiger partial charge on any atom is -0.467 e. The number of hydrogen-bond acceptors (Lipinski definition) is 5. The van der Waals surface area contributed by atoms with E-state index >= 15 is 0 Å². The molecule has 6 nitrogen and oxygen atoms in total. The molecule has 2 atom stereocenters. The molecule has 1 amide bonds. The van der Waals surface area contributed by atoms with Crippen LogP contribution in [-0.2, 0) is 25.6 Å². The number of esters is 1. The first kappa shape index (κ1) is 17.4. The summed E-state index contributed by atoms with van der Waals surface area (Å²) >= 11 is 0. The fraction of sp³-hybridized carbons (Fsp3) is 0.500. The van der Waals surface area contributed by atoms with Gasteiger partial charge in [0, 0.05) is 19.4 Å². The molecule has 1 aromatic carbocycles.